The minimum Gasteiger partial charge on any atom is -0.391 e. The molecular formula is C13H22N2O3S. The third kappa shape index (κ3) is 3.25. The van der Waals surface area contributed by atoms with Gasteiger partial charge in [0.2, 0.25) is 0 Å². The first-order chi connectivity index (χ1) is 9.19. The summed E-state index contributed by atoms with van der Waals surface area (Å²) in [7, 11) is 1.64. The van der Waals surface area contributed by atoms with Crippen LogP contribution in [0.25, 0.3) is 0 Å². The maximum atomic E-state index is 9.40. The number of nitrogens with zero attached hydrogens (tertiary/aromatic N) is 2. The highest BCUT2D eigenvalue weighted by molar-refractivity contribution is 7.15. The third-order valence-corrected chi connectivity index (χ3v) is 4.50. The number of aliphatic hydroxyl groups is 1. The van der Waals surface area contributed by atoms with Crippen molar-refractivity contribution in [2.24, 2.45) is 0 Å². The average molecular weight is 286 g/mol. The van der Waals surface area contributed by atoms with Crippen LogP contribution in [0.3, 0.4) is 0 Å². The molecule has 108 valence electrons. The summed E-state index contributed by atoms with van der Waals surface area (Å²) in [6.07, 6.45) is 1.25. The summed E-state index contributed by atoms with van der Waals surface area (Å²) in [5.41, 5.74) is 0.846. The Kier molecular flexibility index (Phi) is 5.15. The highest BCUT2D eigenvalue weighted by atomic mass is 32.1. The summed E-state index contributed by atoms with van der Waals surface area (Å²) in [4.78, 5) is 7.83. The van der Waals surface area contributed by atoms with Gasteiger partial charge in [0, 0.05) is 13.7 Å². The Bertz CT molecular complexity index is 411. The van der Waals surface area contributed by atoms with Crippen molar-refractivity contribution in [2.45, 2.75) is 45.6 Å². The monoisotopic (exact) mass is 286 g/mol. The number of thiazole rings is 1. The van der Waals surface area contributed by atoms with Crippen LogP contribution >= 0.6 is 11.3 Å². The van der Waals surface area contributed by atoms with E-state index >= 15 is 0 Å². The Morgan fingerprint density at radius 3 is 3.00 bits per heavy atom. The maximum Gasteiger partial charge on any atom is 0.186 e. The van der Waals surface area contributed by atoms with Crippen molar-refractivity contribution >= 4 is 16.5 Å². The smallest absolute Gasteiger partial charge is 0.186 e. The summed E-state index contributed by atoms with van der Waals surface area (Å²) in [5, 5.41) is 10.4. The topological polar surface area (TPSA) is 54.8 Å². The summed E-state index contributed by atoms with van der Waals surface area (Å²) in [6, 6.07) is 0.365. The van der Waals surface area contributed by atoms with E-state index in [2.05, 4.69) is 23.7 Å². The van der Waals surface area contributed by atoms with Crippen molar-refractivity contribution in [3.8, 4) is 0 Å². The zero-order valence-corrected chi connectivity index (χ0v) is 12.6. The number of morpholine rings is 1. The van der Waals surface area contributed by atoms with Crippen molar-refractivity contribution < 1.29 is 14.6 Å². The molecule has 1 N–H and O–H groups in total. The molecule has 2 unspecified atom stereocenters. The zero-order chi connectivity index (χ0) is 13.8. The minimum absolute atomic E-state index is 0.0209. The normalized spacial score (nSPS) is 23.9. The molecule has 0 aromatic carbocycles. The highest BCUT2D eigenvalue weighted by Gasteiger charge is 2.28. The Balaban J connectivity index is 2.23. The molecule has 1 aliphatic heterocycles. The predicted octanol–water partition coefficient (Wildman–Crippen LogP) is 1.79. The van der Waals surface area contributed by atoms with Gasteiger partial charge in [-0.1, -0.05) is 18.3 Å². The van der Waals surface area contributed by atoms with E-state index in [1.54, 1.807) is 18.4 Å². The molecule has 2 rings (SSSR count). The van der Waals surface area contributed by atoms with E-state index in [4.69, 9.17) is 9.47 Å². The number of hydrogen-bond donors (Lipinski definition) is 1. The second kappa shape index (κ2) is 6.65. The summed E-state index contributed by atoms with van der Waals surface area (Å²) >= 11 is 1.56. The molecule has 1 aliphatic rings. The summed E-state index contributed by atoms with van der Waals surface area (Å²) in [6.45, 7) is 6.30. The lowest BCUT2D eigenvalue weighted by Crippen LogP contribution is -2.48. The molecule has 5 nitrogen and oxygen atoms in total. The average Bonchev–Trinajstić information content (AvgIpc) is 2.82. The first kappa shape index (κ1) is 14.7. The summed E-state index contributed by atoms with van der Waals surface area (Å²) < 4.78 is 10.8. The molecular weight excluding hydrogens is 264 g/mol. The van der Waals surface area contributed by atoms with Crippen LogP contribution in [0.15, 0.2) is 0 Å². The van der Waals surface area contributed by atoms with E-state index in [1.165, 1.54) is 0 Å². The van der Waals surface area contributed by atoms with Gasteiger partial charge in [0.25, 0.3) is 0 Å². The fraction of sp³-hybridized carbons (Fsp3) is 0.769. The van der Waals surface area contributed by atoms with Gasteiger partial charge in [0.15, 0.2) is 5.13 Å². The molecule has 0 amide bonds. The van der Waals surface area contributed by atoms with E-state index in [1.807, 2.05) is 0 Å². The van der Waals surface area contributed by atoms with Gasteiger partial charge < -0.3 is 19.5 Å². The molecule has 0 aliphatic carbocycles. The zero-order valence-electron chi connectivity index (χ0n) is 11.8. The van der Waals surface area contributed by atoms with Crippen molar-refractivity contribution in [3.05, 3.63) is 10.6 Å². The third-order valence-electron chi connectivity index (χ3n) is 3.38. The van der Waals surface area contributed by atoms with Crippen molar-refractivity contribution in [1.29, 1.82) is 0 Å². The first-order valence-electron chi connectivity index (χ1n) is 6.66. The molecule has 1 saturated heterocycles. The Morgan fingerprint density at radius 2 is 2.37 bits per heavy atom. The second-order valence-electron chi connectivity index (χ2n) is 4.82. The molecule has 0 radical (unpaired) electrons. The van der Waals surface area contributed by atoms with Crippen LogP contribution in [0, 0.1) is 0 Å². The van der Waals surface area contributed by atoms with Crippen LogP contribution in [0.5, 0.6) is 0 Å². The van der Waals surface area contributed by atoms with Gasteiger partial charge in [-0.25, -0.2) is 4.98 Å². The SMILES string of the molecule is CCC1COC(C)CN1c1nc(COC)c(CO)s1. The molecule has 19 heavy (non-hydrogen) atoms. The van der Waals surface area contributed by atoms with E-state index in [9.17, 15) is 5.11 Å². The van der Waals surface area contributed by atoms with E-state index < -0.39 is 0 Å². The van der Waals surface area contributed by atoms with Crippen LogP contribution in [0.4, 0.5) is 5.13 Å². The number of anilines is 1. The highest BCUT2D eigenvalue weighted by Crippen LogP contribution is 2.31. The van der Waals surface area contributed by atoms with Gasteiger partial charge in [-0.2, -0.15) is 0 Å². The van der Waals surface area contributed by atoms with E-state index in [0.29, 0.717) is 12.6 Å². The molecule has 2 atom stereocenters. The molecule has 1 fully saturated rings. The van der Waals surface area contributed by atoms with Gasteiger partial charge in [0.1, 0.15) is 0 Å². The predicted molar refractivity (Wildman–Crippen MR) is 75.6 cm³/mol. The number of aliphatic hydroxyl groups excluding tert-OH is 1. The molecule has 2 heterocycles. The van der Waals surface area contributed by atoms with Crippen LogP contribution in [-0.4, -0.2) is 42.5 Å². The molecule has 0 saturated carbocycles. The minimum atomic E-state index is 0.0209. The lowest BCUT2D eigenvalue weighted by atomic mass is 10.1. The van der Waals surface area contributed by atoms with Crippen LogP contribution in [0.2, 0.25) is 0 Å². The van der Waals surface area contributed by atoms with Crippen molar-refractivity contribution in [3.63, 3.8) is 0 Å². The Hall–Kier alpha value is -0.690. The van der Waals surface area contributed by atoms with Crippen molar-refractivity contribution in [2.75, 3.05) is 25.2 Å². The fourth-order valence-corrected chi connectivity index (χ4v) is 3.29. The van der Waals surface area contributed by atoms with Crippen LogP contribution in [0.1, 0.15) is 30.8 Å². The van der Waals surface area contributed by atoms with Crippen molar-refractivity contribution in [1.82, 2.24) is 4.98 Å². The molecule has 1 aromatic heterocycles. The number of hydrogen-bond acceptors (Lipinski definition) is 6. The lowest BCUT2D eigenvalue weighted by molar-refractivity contribution is 0.0299. The van der Waals surface area contributed by atoms with Gasteiger partial charge in [-0.05, 0) is 13.3 Å². The largest absolute Gasteiger partial charge is 0.391 e. The molecule has 6 heteroatoms. The molecule has 0 spiro atoms. The second-order valence-corrected chi connectivity index (χ2v) is 5.88. The Labute approximate surface area is 118 Å². The maximum absolute atomic E-state index is 9.40. The van der Waals surface area contributed by atoms with Gasteiger partial charge in [0.05, 0.1) is 42.5 Å². The van der Waals surface area contributed by atoms with E-state index in [-0.39, 0.29) is 12.7 Å². The number of aromatic nitrogens is 1. The number of ether oxygens (including phenoxy) is 2. The standard InChI is InChI=1S/C13H22N2O3S/c1-4-10-7-18-9(2)5-15(10)13-14-11(8-17-3)12(6-16)19-13/h9-10,16H,4-8H2,1-3H3. The van der Waals surface area contributed by atoms with Gasteiger partial charge >= 0.3 is 0 Å². The Morgan fingerprint density at radius 1 is 1.58 bits per heavy atom. The van der Waals surface area contributed by atoms with E-state index in [0.717, 1.165) is 35.3 Å². The lowest BCUT2D eigenvalue weighted by Gasteiger charge is -2.38. The quantitative estimate of drug-likeness (QED) is 0.894. The molecule has 0 bridgehead atoms. The fourth-order valence-electron chi connectivity index (χ4n) is 2.28. The van der Waals surface area contributed by atoms with Gasteiger partial charge in [-0.15, -0.1) is 0 Å². The number of rotatable bonds is 5. The van der Waals surface area contributed by atoms with Crippen LogP contribution < -0.4 is 4.90 Å². The first-order valence-corrected chi connectivity index (χ1v) is 7.47. The van der Waals surface area contributed by atoms with Crippen LogP contribution in [-0.2, 0) is 22.7 Å². The molecule has 1 aromatic rings. The summed E-state index contributed by atoms with van der Waals surface area (Å²) in [5.74, 6) is 0. The van der Waals surface area contributed by atoms with Gasteiger partial charge in [-0.3, -0.25) is 0 Å². The number of methoxy groups -OCH3 is 1.